The fraction of sp³-hybridized carbons (Fsp3) is 0.727. The van der Waals surface area contributed by atoms with Crippen LogP contribution in [0.15, 0.2) is 24.3 Å². The Balaban J connectivity index is 2.04. The van der Waals surface area contributed by atoms with Gasteiger partial charge in [0.25, 0.3) is 0 Å². The first-order chi connectivity index (χ1) is 11.9. The van der Waals surface area contributed by atoms with Crippen molar-refractivity contribution in [3.8, 4) is 0 Å². The van der Waals surface area contributed by atoms with Crippen molar-refractivity contribution in [1.29, 1.82) is 0 Å². The number of ketones is 1. The van der Waals surface area contributed by atoms with Crippen molar-refractivity contribution < 1.29 is 19.1 Å². The number of rotatable bonds is 2. The van der Waals surface area contributed by atoms with Gasteiger partial charge in [-0.1, -0.05) is 33.4 Å². The molecule has 5 atom stereocenters. The van der Waals surface area contributed by atoms with E-state index in [-0.39, 0.29) is 28.7 Å². The molecule has 4 nitrogen and oxygen atoms in total. The van der Waals surface area contributed by atoms with Crippen molar-refractivity contribution in [3.63, 3.8) is 0 Å². The first kappa shape index (κ1) is 19.3. The summed E-state index contributed by atoms with van der Waals surface area (Å²) in [6, 6.07) is 0. The lowest BCUT2D eigenvalue weighted by atomic mass is 9.46. The summed E-state index contributed by atoms with van der Waals surface area (Å²) in [5.74, 6) is 0.0862. The molecule has 0 radical (unpaired) electrons. The SMILES string of the molecule is C=C[C@]1(C)O[C@@]2(C)CCC3C(C)(C)[C@H](OC(C)=O)CC[C@@]3(C)C2=CC1=O. The lowest BCUT2D eigenvalue weighted by molar-refractivity contribution is -0.186. The molecule has 0 aromatic rings. The minimum Gasteiger partial charge on any atom is -0.462 e. The van der Waals surface area contributed by atoms with Gasteiger partial charge in [0.1, 0.15) is 11.7 Å². The van der Waals surface area contributed by atoms with Gasteiger partial charge in [0.2, 0.25) is 0 Å². The molecule has 0 aromatic heterocycles. The van der Waals surface area contributed by atoms with Crippen LogP contribution in [0.25, 0.3) is 0 Å². The highest BCUT2D eigenvalue weighted by molar-refractivity contribution is 6.00. The van der Waals surface area contributed by atoms with Gasteiger partial charge in [0.15, 0.2) is 5.78 Å². The van der Waals surface area contributed by atoms with Crippen LogP contribution in [-0.2, 0) is 19.1 Å². The molecule has 1 heterocycles. The highest BCUT2D eigenvalue weighted by Crippen LogP contribution is 2.64. The third-order valence-corrected chi connectivity index (χ3v) is 7.42. The van der Waals surface area contributed by atoms with E-state index in [9.17, 15) is 9.59 Å². The lowest BCUT2D eigenvalue weighted by Gasteiger charge is -2.62. The molecule has 0 amide bonds. The average molecular weight is 360 g/mol. The predicted molar refractivity (Wildman–Crippen MR) is 101 cm³/mol. The summed E-state index contributed by atoms with van der Waals surface area (Å²) in [6.07, 6.45) is 6.90. The fourth-order valence-electron chi connectivity index (χ4n) is 5.96. The summed E-state index contributed by atoms with van der Waals surface area (Å²) in [5, 5.41) is 0. The maximum Gasteiger partial charge on any atom is 0.302 e. The second kappa shape index (κ2) is 5.79. The third-order valence-electron chi connectivity index (χ3n) is 7.42. The molecule has 3 aliphatic rings. The molecule has 2 aliphatic carbocycles. The molecule has 3 rings (SSSR count). The molecule has 2 saturated carbocycles. The summed E-state index contributed by atoms with van der Waals surface area (Å²) >= 11 is 0. The Bertz CT molecular complexity index is 690. The molecule has 0 saturated heterocycles. The van der Waals surface area contributed by atoms with Crippen LogP contribution >= 0.6 is 0 Å². The molecule has 2 fully saturated rings. The van der Waals surface area contributed by atoms with E-state index in [1.807, 2.05) is 6.08 Å². The van der Waals surface area contributed by atoms with Gasteiger partial charge in [-0.3, -0.25) is 9.59 Å². The molecular weight excluding hydrogens is 328 g/mol. The lowest BCUT2D eigenvalue weighted by Crippen LogP contribution is -2.61. The number of hydrogen-bond acceptors (Lipinski definition) is 4. The summed E-state index contributed by atoms with van der Waals surface area (Å²) in [6.45, 7) is 15.9. The Labute approximate surface area is 157 Å². The summed E-state index contributed by atoms with van der Waals surface area (Å²) in [7, 11) is 0. The topological polar surface area (TPSA) is 52.6 Å². The standard InChI is InChI=1S/C22H32O4/c1-8-21(6)17(24)13-16-20(5)11-10-18(25-14(2)23)19(3,4)15(20)9-12-22(16,7)26-21/h8,13,15,18H,1,9-12H2,2-7H3/t15?,18-,20-,21+,22+/m1/s1. The number of fused-ring (bicyclic) bond motifs is 3. The van der Waals surface area contributed by atoms with E-state index in [1.54, 1.807) is 13.0 Å². The Morgan fingerprint density at radius 1 is 1.23 bits per heavy atom. The Kier molecular flexibility index (Phi) is 4.31. The molecular formula is C22H32O4. The van der Waals surface area contributed by atoms with Crippen LogP contribution in [-0.4, -0.2) is 29.1 Å². The van der Waals surface area contributed by atoms with Crippen LogP contribution in [0.4, 0.5) is 0 Å². The molecule has 0 aromatic carbocycles. The highest BCUT2D eigenvalue weighted by Gasteiger charge is 2.61. The Hall–Kier alpha value is -1.42. The maximum absolute atomic E-state index is 12.8. The molecule has 1 unspecified atom stereocenters. The molecule has 144 valence electrons. The van der Waals surface area contributed by atoms with E-state index in [4.69, 9.17) is 9.47 Å². The van der Waals surface area contributed by atoms with Gasteiger partial charge < -0.3 is 9.47 Å². The monoisotopic (exact) mass is 360 g/mol. The molecule has 0 spiro atoms. The van der Waals surface area contributed by atoms with Crippen LogP contribution in [0.3, 0.4) is 0 Å². The smallest absolute Gasteiger partial charge is 0.302 e. The van der Waals surface area contributed by atoms with Crippen LogP contribution in [0.1, 0.15) is 67.2 Å². The summed E-state index contributed by atoms with van der Waals surface area (Å²) in [4.78, 5) is 24.3. The Morgan fingerprint density at radius 3 is 2.46 bits per heavy atom. The third kappa shape index (κ3) is 2.60. The van der Waals surface area contributed by atoms with Gasteiger partial charge in [0.05, 0.1) is 5.60 Å². The van der Waals surface area contributed by atoms with E-state index in [1.165, 1.54) is 6.92 Å². The maximum atomic E-state index is 12.8. The molecule has 0 bridgehead atoms. The molecule has 26 heavy (non-hydrogen) atoms. The zero-order valence-electron chi connectivity index (χ0n) is 17.0. The van der Waals surface area contributed by atoms with Crippen LogP contribution in [0.2, 0.25) is 0 Å². The van der Waals surface area contributed by atoms with Gasteiger partial charge in [-0.15, -0.1) is 0 Å². The van der Waals surface area contributed by atoms with Crippen LogP contribution in [0.5, 0.6) is 0 Å². The quantitative estimate of drug-likeness (QED) is 0.541. The van der Waals surface area contributed by atoms with E-state index in [2.05, 4.69) is 34.3 Å². The van der Waals surface area contributed by atoms with Crippen LogP contribution < -0.4 is 0 Å². The van der Waals surface area contributed by atoms with E-state index < -0.39 is 11.2 Å². The molecule has 1 aliphatic heterocycles. The van der Waals surface area contributed by atoms with Crippen molar-refractivity contribution in [3.05, 3.63) is 24.3 Å². The largest absolute Gasteiger partial charge is 0.462 e. The van der Waals surface area contributed by atoms with Gasteiger partial charge >= 0.3 is 5.97 Å². The van der Waals surface area contributed by atoms with Crippen molar-refractivity contribution in [2.75, 3.05) is 0 Å². The molecule has 4 heteroatoms. The van der Waals surface area contributed by atoms with Gasteiger partial charge in [-0.25, -0.2) is 0 Å². The van der Waals surface area contributed by atoms with Gasteiger partial charge in [0, 0.05) is 12.3 Å². The summed E-state index contributed by atoms with van der Waals surface area (Å²) < 4.78 is 12.0. The average Bonchev–Trinajstić information content (AvgIpc) is 2.52. The van der Waals surface area contributed by atoms with Crippen LogP contribution in [0, 0.1) is 16.7 Å². The highest BCUT2D eigenvalue weighted by atomic mass is 16.5. The first-order valence-electron chi connectivity index (χ1n) is 9.67. The zero-order chi connectivity index (χ0) is 19.5. The first-order valence-corrected chi connectivity index (χ1v) is 9.67. The van der Waals surface area contributed by atoms with Crippen molar-refractivity contribution in [2.45, 2.75) is 84.5 Å². The zero-order valence-corrected chi connectivity index (χ0v) is 17.0. The number of ether oxygens (including phenoxy) is 2. The predicted octanol–water partition coefficient (Wildman–Crippen LogP) is 4.38. The summed E-state index contributed by atoms with van der Waals surface area (Å²) in [5.41, 5.74) is -0.577. The van der Waals surface area contributed by atoms with Gasteiger partial charge in [-0.05, 0) is 62.5 Å². The number of carbonyl (C=O) groups is 2. The second-order valence-electron chi connectivity index (χ2n) is 9.53. The van der Waals surface area contributed by atoms with Crippen molar-refractivity contribution in [1.82, 2.24) is 0 Å². The number of esters is 1. The van der Waals surface area contributed by atoms with E-state index in [0.29, 0.717) is 5.92 Å². The minimum absolute atomic E-state index is 0.0261. The minimum atomic E-state index is -0.952. The molecule has 0 N–H and O–H groups in total. The van der Waals surface area contributed by atoms with E-state index >= 15 is 0 Å². The number of carbonyl (C=O) groups excluding carboxylic acids is 2. The Morgan fingerprint density at radius 2 is 1.88 bits per heavy atom. The second-order valence-corrected chi connectivity index (χ2v) is 9.53. The van der Waals surface area contributed by atoms with Gasteiger partial charge in [-0.2, -0.15) is 0 Å². The fourth-order valence-corrected chi connectivity index (χ4v) is 5.96. The van der Waals surface area contributed by atoms with Crippen molar-refractivity contribution >= 4 is 11.8 Å². The van der Waals surface area contributed by atoms with Crippen molar-refractivity contribution in [2.24, 2.45) is 16.7 Å². The number of hydrogen-bond donors (Lipinski definition) is 0. The van der Waals surface area contributed by atoms with E-state index in [0.717, 1.165) is 31.3 Å². The normalized spacial score (nSPS) is 44.4.